The van der Waals surface area contributed by atoms with Crippen molar-refractivity contribution in [2.75, 3.05) is 6.54 Å². The molecule has 1 aliphatic rings. The molecule has 3 heteroatoms. The van der Waals surface area contributed by atoms with Crippen LogP contribution in [0.5, 0.6) is 5.75 Å². The van der Waals surface area contributed by atoms with E-state index in [0.29, 0.717) is 24.6 Å². The van der Waals surface area contributed by atoms with Crippen LogP contribution in [0.25, 0.3) is 0 Å². The van der Waals surface area contributed by atoms with Crippen molar-refractivity contribution in [1.82, 2.24) is 0 Å². The van der Waals surface area contributed by atoms with E-state index in [1.54, 1.807) is 0 Å². The third-order valence-corrected chi connectivity index (χ3v) is 3.56. The Morgan fingerprint density at radius 3 is 2.89 bits per heavy atom. The second-order valence-corrected chi connectivity index (χ2v) is 5.35. The largest absolute Gasteiger partial charge is 0.490 e. The topological polar surface area (TPSA) is 35.2 Å². The van der Waals surface area contributed by atoms with E-state index in [4.69, 9.17) is 10.5 Å². The van der Waals surface area contributed by atoms with Crippen LogP contribution in [0, 0.1) is 11.7 Å². The van der Waals surface area contributed by atoms with E-state index in [0.717, 1.165) is 18.4 Å². The van der Waals surface area contributed by atoms with E-state index in [9.17, 15) is 4.39 Å². The van der Waals surface area contributed by atoms with E-state index in [-0.39, 0.29) is 11.9 Å². The van der Waals surface area contributed by atoms with Gasteiger partial charge in [-0.15, -0.1) is 0 Å². The first-order chi connectivity index (χ1) is 8.67. The van der Waals surface area contributed by atoms with Gasteiger partial charge in [0, 0.05) is 6.07 Å². The van der Waals surface area contributed by atoms with Gasteiger partial charge in [0.1, 0.15) is 11.6 Å². The second-order valence-electron chi connectivity index (χ2n) is 5.35. The Morgan fingerprint density at radius 2 is 2.17 bits per heavy atom. The maximum absolute atomic E-state index is 13.5. The summed E-state index contributed by atoms with van der Waals surface area (Å²) in [7, 11) is 0. The normalized spacial score (nSPS) is 23.9. The van der Waals surface area contributed by atoms with Crippen molar-refractivity contribution in [2.45, 2.75) is 45.1 Å². The molecule has 18 heavy (non-hydrogen) atoms. The fourth-order valence-corrected chi connectivity index (χ4v) is 2.68. The highest BCUT2D eigenvalue weighted by Crippen LogP contribution is 2.28. The summed E-state index contributed by atoms with van der Waals surface area (Å²) in [5.74, 6) is 1.12. The highest BCUT2D eigenvalue weighted by atomic mass is 19.1. The molecule has 0 aliphatic heterocycles. The molecule has 0 saturated heterocycles. The van der Waals surface area contributed by atoms with Gasteiger partial charge >= 0.3 is 0 Å². The number of hydrogen-bond acceptors (Lipinski definition) is 2. The Kier molecular flexibility index (Phi) is 4.59. The summed E-state index contributed by atoms with van der Waals surface area (Å²) < 4.78 is 19.4. The predicted molar refractivity (Wildman–Crippen MR) is 71.2 cm³/mol. The van der Waals surface area contributed by atoms with Gasteiger partial charge in [-0.2, -0.15) is 0 Å². The van der Waals surface area contributed by atoms with Gasteiger partial charge in [-0.1, -0.05) is 13.3 Å². The zero-order valence-corrected chi connectivity index (χ0v) is 11.0. The Labute approximate surface area is 108 Å². The molecule has 0 radical (unpaired) electrons. The first-order valence-electron chi connectivity index (χ1n) is 6.83. The summed E-state index contributed by atoms with van der Waals surface area (Å²) in [5, 5.41) is 0. The average Bonchev–Trinajstić information content (AvgIpc) is 2.28. The molecule has 0 amide bonds. The minimum Gasteiger partial charge on any atom is -0.490 e. The lowest BCUT2D eigenvalue weighted by Gasteiger charge is -2.27. The maximum atomic E-state index is 13.5. The molecule has 1 aromatic rings. The summed E-state index contributed by atoms with van der Waals surface area (Å²) >= 11 is 0. The van der Waals surface area contributed by atoms with E-state index in [2.05, 4.69) is 6.92 Å². The van der Waals surface area contributed by atoms with Crippen molar-refractivity contribution in [1.29, 1.82) is 0 Å². The number of ether oxygens (including phenoxy) is 1. The van der Waals surface area contributed by atoms with Crippen molar-refractivity contribution < 1.29 is 9.13 Å². The van der Waals surface area contributed by atoms with E-state index < -0.39 is 0 Å². The van der Waals surface area contributed by atoms with Crippen LogP contribution in [-0.4, -0.2) is 12.6 Å². The first kappa shape index (κ1) is 13.3. The van der Waals surface area contributed by atoms with Crippen LogP contribution in [-0.2, 0) is 6.42 Å². The van der Waals surface area contributed by atoms with Crippen molar-refractivity contribution in [3.63, 3.8) is 0 Å². The fourth-order valence-electron chi connectivity index (χ4n) is 2.68. The summed E-state index contributed by atoms with van der Waals surface area (Å²) in [4.78, 5) is 0. The Balaban J connectivity index is 2.03. The summed E-state index contributed by atoms with van der Waals surface area (Å²) in [6.07, 6.45) is 5.56. The van der Waals surface area contributed by atoms with Gasteiger partial charge in [-0.05, 0) is 55.8 Å². The minimum atomic E-state index is -0.236. The molecule has 1 fully saturated rings. The van der Waals surface area contributed by atoms with Crippen LogP contribution >= 0.6 is 0 Å². The molecule has 2 atom stereocenters. The molecule has 1 aromatic carbocycles. The summed E-state index contributed by atoms with van der Waals surface area (Å²) in [5.41, 5.74) is 6.41. The van der Waals surface area contributed by atoms with Gasteiger partial charge in [0.25, 0.3) is 0 Å². The number of hydrogen-bond donors (Lipinski definition) is 1. The third-order valence-electron chi connectivity index (χ3n) is 3.56. The van der Waals surface area contributed by atoms with Crippen LogP contribution in [0.3, 0.4) is 0 Å². The zero-order valence-electron chi connectivity index (χ0n) is 11.0. The first-order valence-corrected chi connectivity index (χ1v) is 6.83. The molecule has 2 nitrogen and oxygen atoms in total. The maximum Gasteiger partial charge on any atom is 0.127 e. The monoisotopic (exact) mass is 251 g/mol. The van der Waals surface area contributed by atoms with Crippen LogP contribution in [0.15, 0.2) is 18.2 Å². The van der Waals surface area contributed by atoms with E-state index in [1.807, 2.05) is 6.07 Å². The number of nitrogens with two attached hydrogens (primary N) is 1. The van der Waals surface area contributed by atoms with E-state index in [1.165, 1.54) is 25.0 Å². The van der Waals surface area contributed by atoms with Gasteiger partial charge in [-0.25, -0.2) is 4.39 Å². The van der Waals surface area contributed by atoms with Gasteiger partial charge in [0.05, 0.1) is 6.10 Å². The van der Waals surface area contributed by atoms with Crippen LogP contribution < -0.4 is 10.5 Å². The lowest BCUT2D eigenvalue weighted by molar-refractivity contribution is 0.128. The van der Waals surface area contributed by atoms with Crippen LogP contribution in [0.4, 0.5) is 4.39 Å². The van der Waals surface area contributed by atoms with Crippen molar-refractivity contribution >= 4 is 0 Å². The highest BCUT2D eigenvalue weighted by Gasteiger charge is 2.20. The highest BCUT2D eigenvalue weighted by molar-refractivity contribution is 5.30. The zero-order chi connectivity index (χ0) is 13.0. The Hall–Kier alpha value is -1.09. The van der Waals surface area contributed by atoms with Gasteiger partial charge in [0.2, 0.25) is 0 Å². The van der Waals surface area contributed by atoms with Crippen LogP contribution in [0.2, 0.25) is 0 Å². The molecular weight excluding hydrogens is 229 g/mol. The molecule has 2 N–H and O–H groups in total. The average molecular weight is 251 g/mol. The predicted octanol–water partition coefficient (Wildman–Crippen LogP) is 3.28. The van der Waals surface area contributed by atoms with Gasteiger partial charge in [-0.3, -0.25) is 0 Å². The molecule has 0 bridgehead atoms. The molecule has 1 saturated carbocycles. The number of rotatable bonds is 4. The van der Waals surface area contributed by atoms with Crippen molar-refractivity contribution in [2.24, 2.45) is 11.7 Å². The van der Waals surface area contributed by atoms with Gasteiger partial charge in [0.15, 0.2) is 0 Å². The molecule has 100 valence electrons. The SMILES string of the molecule is CC1CCCC(Oc2cc(F)cc(CCN)c2)C1. The van der Waals surface area contributed by atoms with Crippen molar-refractivity contribution in [3.8, 4) is 5.75 Å². The van der Waals surface area contributed by atoms with E-state index >= 15 is 0 Å². The third kappa shape index (κ3) is 3.70. The summed E-state index contributed by atoms with van der Waals surface area (Å²) in [6.45, 7) is 2.78. The quantitative estimate of drug-likeness (QED) is 0.891. The molecule has 0 aromatic heterocycles. The Morgan fingerprint density at radius 1 is 1.33 bits per heavy atom. The fraction of sp³-hybridized carbons (Fsp3) is 0.600. The Bertz CT molecular complexity index is 394. The molecule has 0 spiro atoms. The minimum absolute atomic E-state index is 0.236. The molecule has 0 heterocycles. The van der Waals surface area contributed by atoms with Crippen molar-refractivity contribution in [3.05, 3.63) is 29.6 Å². The standard InChI is InChI=1S/C15H22FNO/c1-11-3-2-4-14(7-11)18-15-9-12(5-6-17)8-13(16)10-15/h8-11,14H,2-7,17H2,1H3. The molecular formula is C15H22FNO. The number of benzene rings is 1. The lowest BCUT2D eigenvalue weighted by atomic mass is 9.89. The molecule has 1 aliphatic carbocycles. The van der Waals surface area contributed by atoms with Gasteiger partial charge < -0.3 is 10.5 Å². The van der Waals surface area contributed by atoms with Crippen LogP contribution in [0.1, 0.15) is 38.2 Å². The smallest absolute Gasteiger partial charge is 0.127 e. The summed E-state index contributed by atoms with van der Waals surface area (Å²) in [6, 6.07) is 4.91. The molecule has 2 rings (SSSR count). The lowest BCUT2D eigenvalue weighted by Crippen LogP contribution is -2.24. The number of halogens is 1. The molecule has 2 unspecified atom stereocenters. The second kappa shape index (κ2) is 6.19.